The van der Waals surface area contributed by atoms with Crippen LogP contribution < -0.4 is 19.7 Å². The first kappa shape index (κ1) is 25.4. The Morgan fingerprint density at radius 1 is 0.897 bits per heavy atom. The number of methoxy groups -OCH3 is 1. The summed E-state index contributed by atoms with van der Waals surface area (Å²) in [5.74, 6) is 2.32. The molecule has 0 bridgehead atoms. The van der Waals surface area contributed by atoms with E-state index in [1.807, 2.05) is 54.7 Å². The second-order valence-corrected chi connectivity index (χ2v) is 10.8. The van der Waals surface area contributed by atoms with E-state index < -0.39 is 0 Å². The van der Waals surface area contributed by atoms with Crippen molar-refractivity contribution in [2.24, 2.45) is 0 Å². The van der Waals surface area contributed by atoms with Gasteiger partial charge in [-0.25, -0.2) is 0 Å². The van der Waals surface area contributed by atoms with Crippen LogP contribution in [0, 0.1) is 13.8 Å². The predicted molar refractivity (Wildman–Crippen MR) is 159 cm³/mol. The van der Waals surface area contributed by atoms with Gasteiger partial charge >= 0.3 is 0 Å². The van der Waals surface area contributed by atoms with Gasteiger partial charge in [0, 0.05) is 29.3 Å². The van der Waals surface area contributed by atoms with E-state index in [9.17, 15) is 0 Å². The zero-order valence-electron chi connectivity index (χ0n) is 22.6. The highest BCUT2D eigenvalue weighted by Gasteiger charge is 2.42. The Hall–Kier alpha value is -3.84. The summed E-state index contributed by atoms with van der Waals surface area (Å²) in [4.78, 5) is 6.97. The largest absolute Gasteiger partial charge is 0.497 e. The lowest BCUT2D eigenvalue weighted by molar-refractivity contribution is 0.413. The smallest absolute Gasteiger partial charge is 0.174 e. The third-order valence-corrected chi connectivity index (χ3v) is 8.35. The van der Waals surface area contributed by atoms with Gasteiger partial charge in [0.25, 0.3) is 0 Å². The average Bonchev–Trinajstić information content (AvgIpc) is 3.68. The average molecular weight is 539 g/mol. The molecule has 1 saturated carbocycles. The molecule has 1 aliphatic carbocycles. The molecule has 0 radical (unpaired) electrons. The summed E-state index contributed by atoms with van der Waals surface area (Å²) in [6.45, 7) is 4.50. The van der Waals surface area contributed by atoms with E-state index in [-0.39, 0.29) is 12.1 Å². The summed E-state index contributed by atoms with van der Waals surface area (Å²) in [7, 11) is 1.66. The van der Waals surface area contributed by atoms with E-state index in [2.05, 4.69) is 52.9 Å². The van der Waals surface area contributed by atoms with E-state index in [4.69, 9.17) is 26.7 Å². The van der Waals surface area contributed by atoms with Gasteiger partial charge in [-0.2, -0.15) is 0 Å². The van der Waals surface area contributed by atoms with Crippen molar-refractivity contribution in [3.8, 4) is 17.2 Å². The minimum atomic E-state index is -0.0635. The molecule has 2 fully saturated rings. The van der Waals surface area contributed by atoms with Crippen LogP contribution in [0.2, 0.25) is 0 Å². The highest BCUT2D eigenvalue weighted by molar-refractivity contribution is 7.80. The fourth-order valence-electron chi connectivity index (χ4n) is 6.23. The Morgan fingerprint density at radius 2 is 1.56 bits per heavy atom. The van der Waals surface area contributed by atoms with Gasteiger partial charge in [0.1, 0.15) is 17.2 Å². The fraction of sp³-hybridized carbons (Fsp3) is 0.312. The minimum Gasteiger partial charge on any atom is -0.497 e. The van der Waals surface area contributed by atoms with E-state index in [0.29, 0.717) is 11.2 Å². The number of aryl methyl sites for hydroxylation is 1. The molecule has 2 aromatic carbocycles. The van der Waals surface area contributed by atoms with Crippen LogP contribution in [0.15, 0.2) is 79.0 Å². The van der Waals surface area contributed by atoms with Crippen LogP contribution in [0.3, 0.4) is 0 Å². The van der Waals surface area contributed by atoms with Crippen molar-refractivity contribution in [3.63, 3.8) is 0 Å². The van der Waals surface area contributed by atoms with Crippen LogP contribution in [0.25, 0.3) is 0 Å². The Balaban J connectivity index is 1.35. The van der Waals surface area contributed by atoms with Crippen molar-refractivity contribution in [2.45, 2.75) is 57.7 Å². The maximum Gasteiger partial charge on any atom is 0.174 e. The van der Waals surface area contributed by atoms with Crippen molar-refractivity contribution in [2.75, 3.05) is 12.0 Å². The molecule has 6 rings (SSSR count). The number of nitrogens with zero attached hydrogens (tertiary/aromatic N) is 3. The van der Waals surface area contributed by atoms with E-state index in [1.165, 1.54) is 42.6 Å². The number of ether oxygens (including phenoxy) is 2. The molecule has 2 aromatic heterocycles. The molecule has 1 N–H and O–H groups in total. The quantitative estimate of drug-likeness (QED) is 0.245. The number of benzene rings is 2. The molecular weight excluding hydrogens is 504 g/mol. The number of hydrogen-bond donors (Lipinski definition) is 1. The maximum atomic E-state index is 6.08. The number of thiocarbonyl (C=S) groups is 1. The second kappa shape index (κ2) is 10.7. The van der Waals surface area contributed by atoms with E-state index in [0.717, 1.165) is 28.6 Å². The molecule has 2 aliphatic rings. The number of pyridine rings is 1. The van der Waals surface area contributed by atoms with Crippen LogP contribution in [0.4, 0.5) is 5.69 Å². The number of rotatable bonds is 7. The first-order chi connectivity index (χ1) is 19.0. The Kier molecular flexibility index (Phi) is 7.00. The molecule has 200 valence electrons. The normalized spacial score (nSPS) is 19.4. The molecule has 0 amide bonds. The van der Waals surface area contributed by atoms with Crippen molar-refractivity contribution < 1.29 is 9.47 Å². The van der Waals surface area contributed by atoms with Crippen LogP contribution in [-0.2, 0) is 0 Å². The highest BCUT2D eigenvalue weighted by atomic mass is 32.1. The van der Waals surface area contributed by atoms with Gasteiger partial charge < -0.3 is 24.3 Å². The third-order valence-electron chi connectivity index (χ3n) is 8.04. The monoisotopic (exact) mass is 538 g/mol. The molecule has 2 atom stereocenters. The molecule has 6 nitrogen and oxygen atoms in total. The Labute approximate surface area is 235 Å². The first-order valence-electron chi connectivity index (χ1n) is 13.6. The van der Waals surface area contributed by atoms with Crippen molar-refractivity contribution in [3.05, 3.63) is 102 Å². The van der Waals surface area contributed by atoms with Crippen LogP contribution in [0.5, 0.6) is 17.2 Å². The molecule has 0 unspecified atom stereocenters. The zero-order valence-corrected chi connectivity index (χ0v) is 23.4. The molecule has 3 heterocycles. The lowest BCUT2D eigenvalue weighted by Gasteiger charge is -2.28. The molecule has 0 spiro atoms. The van der Waals surface area contributed by atoms with Crippen molar-refractivity contribution >= 4 is 23.0 Å². The van der Waals surface area contributed by atoms with E-state index >= 15 is 0 Å². The molecule has 1 saturated heterocycles. The maximum absolute atomic E-state index is 6.08. The number of aromatic nitrogens is 2. The van der Waals surface area contributed by atoms with Gasteiger partial charge in [-0.05, 0) is 111 Å². The predicted octanol–water partition coefficient (Wildman–Crippen LogP) is 7.59. The third kappa shape index (κ3) is 4.87. The minimum absolute atomic E-state index is 0.0258. The van der Waals surface area contributed by atoms with Crippen molar-refractivity contribution in [1.29, 1.82) is 0 Å². The van der Waals surface area contributed by atoms with Crippen LogP contribution in [-0.4, -0.2) is 21.8 Å². The van der Waals surface area contributed by atoms with Crippen LogP contribution >= 0.6 is 12.2 Å². The molecule has 7 heteroatoms. The summed E-state index contributed by atoms with van der Waals surface area (Å²) in [6, 6.07) is 24.7. The number of nitrogens with one attached hydrogen (secondary N) is 1. The SMILES string of the molecule is COc1ccc(Oc2ccc(N3C(=S)N[C@@H](c4ccccn4)[C@@H]3c3cc(C)n(C4CCCC4)c3C)cc2)cc1. The summed E-state index contributed by atoms with van der Waals surface area (Å²) in [5.41, 5.74) is 5.93. The summed E-state index contributed by atoms with van der Waals surface area (Å²) in [5, 5.41) is 4.30. The van der Waals surface area contributed by atoms with Gasteiger partial charge in [0.05, 0.1) is 24.9 Å². The molecule has 39 heavy (non-hydrogen) atoms. The zero-order chi connectivity index (χ0) is 26.9. The van der Waals surface area contributed by atoms with Gasteiger partial charge in [-0.3, -0.25) is 4.98 Å². The van der Waals surface area contributed by atoms with Gasteiger partial charge in [0.2, 0.25) is 0 Å². The summed E-state index contributed by atoms with van der Waals surface area (Å²) >= 11 is 5.97. The van der Waals surface area contributed by atoms with Gasteiger partial charge in [0.15, 0.2) is 5.11 Å². The van der Waals surface area contributed by atoms with Gasteiger partial charge in [-0.1, -0.05) is 18.9 Å². The molecule has 4 aromatic rings. The lowest BCUT2D eigenvalue weighted by Crippen LogP contribution is -2.29. The Bertz CT molecular complexity index is 1440. The van der Waals surface area contributed by atoms with Crippen molar-refractivity contribution in [1.82, 2.24) is 14.9 Å². The second-order valence-electron chi connectivity index (χ2n) is 10.4. The van der Waals surface area contributed by atoms with E-state index in [1.54, 1.807) is 7.11 Å². The molecule has 1 aliphatic heterocycles. The standard InChI is InChI=1S/C32H34N4O2S/c1-21-20-28(22(2)35(21)23-8-4-5-9-23)31-30(29-10-6-7-19-33-29)34-32(39)36(31)24-11-13-26(14-12-24)38-27-17-15-25(37-3)16-18-27/h6-7,10-20,23,30-31H,4-5,8-9H2,1-3H3,(H,34,39)/t30-,31-/m0/s1. The number of anilines is 1. The first-order valence-corrected chi connectivity index (χ1v) is 14.1. The molecular formula is C32H34N4O2S. The number of hydrogen-bond acceptors (Lipinski definition) is 4. The summed E-state index contributed by atoms with van der Waals surface area (Å²) < 4.78 is 13.9. The Morgan fingerprint density at radius 3 is 2.21 bits per heavy atom. The van der Waals surface area contributed by atoms with Gasteiger partial charge in [-0.15, -0.1) is 0 Å². The summed E-state index contributed by atoms with van der Waals surface area (Å²) in [6.07, 6.45) is 6.97. The fourth-order valence-corrected chi connectivity index (χ4v) is 6.58. The highest BCUT2D eigenvalue weighted by Crippen LogP contribution is 2.45. The lowest BCUT2D eigenvalue weighted by atomic mass is 9.96. The topological polar surface area (TPSA) is 51.6 Å². The van der Waals surface area contributed by atoms with Crippen LogP contribution in [0.1, 0.15) is 66.5 Å².